The van der Waals surface area contributed by atoms with Crippen molar-refractivity contribution in [1.29, 1.82) is 0 Å². The Kier molecular flexibility index (Phi) is 5.65. The summed E-state index contributed by atoms with van der Waals surface area (Å²) in [6.07, 6.45) is 3.55. The molecule has 5 rings (SSSR count). The van der Waals surface area contributed by atoms with E-state index >= 15 is 0 Å². The molecule has 1 aliphatic heterocycles. The Bertz CT molecular complexity index is 1360. The molecule has 6 heteroatoms. The van der Waals surface area contributed by atoms with Crippen LogP contribution in [-0.2, 0) is 17.6 Å². The number of carbonyl (C=O) groups is 2. The fourth-order valence-corrected chi connectivity index (χ4v) is 4.66. The van der Waals surface area contributed by atoms with Crippen LogP contribution in [0, 0.1) is 0 Å². The van der Waals surface area contributed by atoms with Gasteiger partial charge < -0.3 is 15.2 Å². The third-order valence-electron chi connectivity index (χ3n) is 6.24. The number of aromatic nitrogens is 1. The van der Waals surface area contributed by atoms with Gasteiger partial charge in [-0.25, -0.2) is 0 Å². The van der Waals surface area contributed by atoms with Gasteiger partial charge in [-0.2, -0.15) is 0 Å². The second-order valence-electron chi connectivity index (χ2n) is 8.35. The van der Waals surface area contributed by atoms with Gasteiger partial charge in [-0.05, 0) is 77.6 Å². The van der Waals surface area contributed by atoms with E-state index in [0.29, 0.717) is 17.1 Å². The number of fused-ring (bicyclic) bond motifs is 2. The van der Waals surface area contributed by atoms with Crippen LogP contribution in [0.3, 0.4) is 0 Å². The number of H-pyrrole nitrogens is 1. The van der Waals surface area contributed by atoms with Gasteiger partial charge in [-0.1, -0.05) is 29.8 Å². The van der Waals surface area contributed by atoms with E-state index < -0.39 is 0 Å². The first-order chi connectivity index (χ1) is 16.0. The zero-order valence-corrected chi connectivity index (χ0v) is 19.1. The van der Waals surface area contributed by atoms with E-state index in [1.807, 2.05) is 65.7 Å². The van der Waals surface area contributed by atoms with Gasteiger partial charge in [0.2, 0.25) is 5.91 Å². The molecule has 2 N–H and O–H groups in total. The van der Waals surface area contributed by atoms with Crippen LogP contribution in [0.2, 0.25) is 5.02 Å². The summed E-state index contributed by atoms with van der Waals surface area (Å²) in [4.78, 5) is 29.4. The number of amides is 2. The molecular weight excluding hydrogens is 434 g/mol. The standard InChI is InChI=1S/C27H24ClN3O2/c1-17(32)31-13-11-21-14-20(6-9-26(21)31)18-2-4-19(5-3-18)27(33)29-12-10-22-16-30-25-8-7-23(28)15-24(22)25/h2-9,14-16,30H,10-13H2,1H3,(H,29,33). The lowest BCUT2D eigenvalue weighted by atomic mass is 10.0. The van der Waals surface area contributed by atoms with Crippen LogP contribution >= 0.6 is 11.6 Å². The first-order valence-corrected chi connectivity index (χ1v) is 11.4. The van der Waals surface area contributed by atoms with Gasteiger partial charge in [-0.3, -0.25) is 9.59 Å². The largest absolute Gasteiger partial charge is 0.361 e. The summed E-state index contributed by atoms with van der Waals surface area (Å²) in [5.74, 6) is -0.0177. The highest BCUT2D eigenvalue weighted by Gasteiger charge is 2.22. The number of hydrogen-bond acceptors (Lipinski definition) is 2. The minimum absolute atomic E-state index is 0.0744. The number of aromatic amines is 1. The van der Waals surface area contributed by atoms with E-state index in [4.69, 9.17) is 11.6 Å². The minimum Gasteiger partial charge on any atom is -0.361 e. The lowest BCUT2D eigenvalue weighted by Crippen LogP contribution is -2.25. The van der Waals surface area contributed by atoms with Gasteiger partial charge in [0.05, 0.1) is 0 Å². The van der Waals surface area contributed by atoms with Crippen LogP contribution in [0.25, 0.3) is 22.0 Å². The Balaban J connectivity index is 1.23. The second-order valence-corrected chi connectivity index (χ2v) is 8.79. The van der Waals surface area contributed by atoms with Gasteiger partial charge in [0.15, 0.2) is 0 Å². The highest BCUT2D eigenvalue weighted by Crippen LogP contribution is 2.32. The molecule has 5 nitrogen and oxygen atoms in total. The molecule has 0 saturated carbocycles. The maximum Gasteiger partial charge on any atom is 0.251 e. The molecule has 0 aliphatic carbocycles. The first-order valence-electron chi connectivity index (χ1n) is 11.0. The average molecular weight is 458 g/mol. The number of halogens is 1. The molecular formula is C27H24ClN3O2. The molecule has 166 valence electrons. The van der Waals surface area contributed by atoms with Gasteiger partial charge in [0.25, 0.3) is 5.91 Å². The summed E-state index contributed by atoms with van der Waals surface area (Å²) < 4.78 is 0. The molecule has 3 aromatic carbocycles. The molecule has 0 radical (unpaired) electrons. The summed E-state index contributed by atoms with van der Waals surface area (Å²) in [6, 6.07) is 19.6. The van der Waals surface area contributed by atoms with E-state index in [2.05, 4.69) is 16.4 Å². The smallest absolute Gasteiger partial charge is 0.251 e. The van der Waals surface area contributed by atoms with Crippen LogP contribution in [0.5, 0.6) is 0 Å². The normalized spacial score (nSPS) is 12.7. The van der Waals surface area contributed by atoms with E-state index in [1.54, 1.807) is 6.92 Å². The molecule has 2 heterocycles. The Labute approximate surface area is 197 Å². The summed E-state index contributed by atoms with van der Waals surface area (Å²) in [7, 11) is 0. The molecule has 4 aromatic rings. The summed E-state index contributed by atoms with van der Waals surface area (Å²) in [6.45, 7) is 2.87. The van der Waals surface area contributed by atoms with E-state index in [0.717, 1.165) is 52.7 Å². The Morgan fingerprint density at radius 2 is 1.82 bits per heavy atom. The molecule has 2 amide bonds. The van der Waals surface area contributed by atoms with Crippen LogP contribution in [0.15, 0.2) is 66.9 Å². The van der Waals surface area contributed by atoms with Crippen LogP contribution in [0.1, 0.15) is 28.4 Å². The minimum atomic E-state index is -0.0922. The van der Waals surface area contributed by atoms with E-state index in [9.17, 15) is 9.59 Å². The van der Waals surface area contributed by atoms with Crippen LogP contribution in [-0.4, -0.2) is 29.9 Å². The van der Waals surface area contributed by atoms with Gasteiger partial charge in [0, 0.05) is 53.4 Å². The lowest BCUT2D eigenvalue weighted by Gasteiger charge is -2.15. The van der Waals surface area contributed by atoms with Crippen molar-refractivity contribution in [3.8, 4) is 11.1 Å². The molecule has 0 fully saturated rings. The average Bonchev–Trinajstić information content (AvgIpc) is 3.42. The predicted molar refractivity (Wildman–Crippen MR) is 133 cm³/mol. The van der Waals surface area contributed by atoms with Crippen molar-refractivity contribution < 1.29 is 9.59 Å². The number of anilines is 1. The molecule has 0 unspecified atom stereocenters. The molecule has 0 saturated heterocycles. The fraction of sp³-hybridized carbons (Fsp3) is 0.185. The number of hydrogen-bond donors (Lipinski definition) is 2. The van der Waals surface area contributed by atoms with Crippen LogP contribution in [0.4, 0.5) is 5.69 Å². The van der Waals surface area contributed by atoms with E-state index in [-0.39, 0.29) is 11.8 Å². The number of benzene rings is 3. The third kappa shape index (κ3) is 4.24. The molecule has 0 atom stereocenters. The van der Waals surface area contributed by atoms with Crippen molar-refractivity contribution >= 4 is 40.0 Å². The monoisotopic (exact) mass is 457 g/mol. The summed E-state index contributed by atoms with van der Waals surface area (Å²) in [5, 5.41) is 4.79. The fourth-order valence-electron chi connectivity index (χ4n) is 4.49. The van der Waals surface area contributed by atoms with Crippen molar-refractivity contribution in [3.63, 3.8) is 0 Å². The Hall–Kier alpha value is -3.57. The van der Waals surface area contributed by atoms with Crippen LogP contribution < -0.4 is 10.2 Å². The molecule has 0 bridgehead atoms. The van der Waals surface area contributed by atoms with Crippen molar-refractivity contribution in [1.82, 2.24) is 10.3 Å². The van der Waals surface area contributed by atoms with Gasteiger partial charge in [0.1, 0.15) is 0 Å². The second kappa shape index (κ2) is 8.75. The topological polar surface area (TPSA) is 65.2 Å². The van der Waals surface area contributed by atoms with E-state index in [1.165, 1.54) is 5.56 Å². The quantitative estimate of drug-likeness (QED) is 0.423. The van der Waals surface area contributed by atoms with Gasteiger partial charge >= 0.3 is 0 Å². The summed E-state index contributed by atoms with van der Waals surface area (Å²) in [5.41, 5.74) is 7.11. The molecule has 1 aromatic heterocycles. The van der Waals surface area contributed by atoms with Crippen molar-refractivity contribution in [2.45, 2.75) is 19.8 Å². The number of carbonyl (C=O) groups excluding carboxylic acids is 2. The van der Waals surface area contributed by atoms with Crippen molar-refractivity contribution in [2.75, 3.05) is 18.0 Å². The zero-order chi connectivity index (χ0) is 22.9. The Morgan fingerprint density at radius 1 is 1.03 bits per heavy atom. The summed E-state index contributed by atoms with van der Waals surface area (Å²) >= 11 is 6.12. The highest BCUT2D eigenvalue weighted by atomic mass is 35.5. The third-order valence-corrected chi connectivity index (χ3v) is 6.48. The first kappa shape index (κ1) is 21.3. The SMILES string of the molecule is CC(=O)N1CCc2cc(-c3ccc(C(=O)NCCc4c[nH]c5ccc(Cl)cc45)cc3)ccc21. The lowest BCUT2D eigenvalue weighted by molar-refractivity contribution is -0.116. The zero-order valence-electron chi connectivity index (χ0n) is 18.3. The Morgan fingerprint density at radius 3 is 2.61 bits per heavy atom. The highest BCUT2D eigenvalue weighted by molar-refractivity contribution is 6.31. The predicted octanol–water partition coefficient (Wildman–Crippen LogP) is 5.37. The number of rotatable bonds is 5. The van der Waals surface area contributed by atoms with Crippen molar-refractivity contribution in [2.24, 2.45) is 0 Å². The number of nitrogens with one attached hydrogen (secondary N) is 2. The maximum absolute atomic E-state index is 12.6. The molecule has 0 spiro atoms. The van der Waals surface area contributed by atoms with Gasteiger partial charge in [-0.15, -0.1) is 0 Å². The van der Waals surface area contributed by atoms with Crippen molar-refractivity contribution in [3.05, 3.63) is 88.6 Å². The molecule has 33 heavy (non-hydrogen) atoms. The number of nitrogens with zero attached hydrogens (tertiary/aromatic N) is 1. The maximum atomic E-state index is 12.6. The molecule has 1 aliphatic rings.